The highest BCUT2D eigenvalue weighted by atomic mass is 19.4. The molecule has 0 bridgehead atoms. The molecule has 0 amide bonds. The molecule has 2 aliphatic heterocycles. The van der Waals surface area contributed by atoms with Crippen LogP contribution in [0.15, 0.2) is 18.2 Å². The van der Waals surface area contributed by atoms with Gasteiger partial charge in [-0.15, -0.1) is 0 Å². The summed E-state index contributed by atoms with van der Waals surface area (Å²) in [5, 5.41) is 29.6. The molecule has 9 heteroatoms. The largest absolute Gasteiger partial charge is 0.433 e. The lowest BCUT2D eigenvalue weighted by Gasteiger charge is -2.43. The van der Waals surface area contributed by atoms with E-state index in [4.69, 9.17) is 0 Å². The molecule has 3 N–H and O–H groups in total. The monoisotopic (exact) mass is 375 g/mol. The van der Waals surface area contributed by atoms with E-state index in [-0.39, 0.29) is 18.5 Å². The summed E-state index contributed by atoms with van der Waals surface area (Å²) in [6.45, 7) is 3.82. The Morgan fingerprint density at radius 2 is 1.88 bits per heavy atom. The number of rotatable bonds is 3. The van der Waals surface area contributed by atoms with E-state index in [9.17, 15) is 28.5 Å². The minimum Gasteiger partial charge on any atom is -0.389 e. The molecule has 2 saturated heterocycles. The number of halogens is 3. The normalized spacial score (nSPS) is 33.7. The van der Waals surface area contributed by atoms with Crippen LogP contribution in [0, 0.1) is 5.92 Å². The van der Waals surface area contributed by atoms with Crippen molar-refractivity contribution in [3.05, 3.63) is 23.9 Å². The van der Waals surface area contributed by atoms with Crippen molar-refractivity contribution in [2.45, 2.75) is 43.9 Å². The fourth-order valence-corrected chi connectivity index (χ4v) is 3.76. The van der Waals surface area contributed by atoms with Gasteiger partial charge in [-0.3, -0.25) is 4.90 Å². The van der Waals surface area contributed by atoms with Crippen LogP contribution in [0.5, 0.6) is 0 Å². The number of hydrogen-bond donors (Lipinski definition) is 3. The van der Waals surface area contributed by atoms with Crippen molar-refractivity contribution in [3.8, 4) is 0 Å². The lowest BCUT2D eigenvalue weighted by Crippen LogP contribution is -2.60. The first-order valence-electron chi connectivity index (χ1n) is 8.74. The molecule has 0 aliphatic carbocycles. The van der Waals surface area contributed by atoms with Crippen LogP contribution in [0.3, 0.4) is 0 Å². The molecule has 0 saturated carbocycles. The summed E-state index contributed by atoms with van der Waals surface area (Å²) < 4.78 is 38.5. The predicted octanol–water partition coefficient (Wildman–Crippen LogP) is 0.713. The molecular formula is C17H24F3N3O3. The lowest BCUT2D eigenvalue weighted by molar-refractivity contribution is -0.141. The average Bonchev–Trinajstić information content (AvgIpc) is 3.06. The molecule has 6 nitrogen and oxygen atoms in total. The maximum atomic E-state index is 12.8. The van der Waals surface area contributed by atoms with Gasteiger partial charge in [0.15, 0.2) is 0 Å². The second kappa shape index (κ2) is 7.30. The Morgan fingerprint density at radius 3 is 2.58 bits per heavy atom. The van der Waals surface area contributed by atoms with Gasteiger partial charge in [0, 0.05) is 32.2 Å². The van der Waals surface area contributed by atoms with Gasteiger partial charge < -0.3 is 20.2 Å². The molecule has 0 spiro atoms. The number of aliphatic hydroxyl groups is 3. The summed E-state index contributed by atoms with van der Waals surface area (Å²) >= 11 is 0. The minimum atomic E-state index is -4.47. The van der Waals surface area contributed by atoms with Crippen molar-refractivity contribution in [2.24, 2.45) is 5.92 Å². The number of alkyl halides is 3. The van der Waals surface area contributed by atoms with E-state index in [1.165, 1.54) is 6.07 Å². The Bertz CT molecular complexity index is 631. The van der Waals surface area contributed by atoms with Gasteiger partial charge in [-0.2, -0.15) is 13.2 Å². The van der Waals surface area contributed by atoms with Crippen molar-refractivity contribution in [1.82, 2.24) is 9.88 Å². The van der Waals surface area contributed by atoms with E-state index in [1.54, 1.807) is 13.0 Å². The van der Waals surface area contributed by atoms with Crippen LogP contribution in [0.25, 0.3) is 0 Å². The zero-order valence-corrected chi connectivity index (χ0v) is 14.5. The molecule has 1 unspecified atom stereocenters. The van der Waals surface area contributed by atoms with Gasteiger partial charge in [-0.05, 0) is 31.4 Å². The highest BCUT2D eigenvalue weighted by molar-refractivity contribution is 5.41. The third kappa shape index (κ3) is 3.95. The van der Waals surface area contributed by atoms with Crippen molar-refractivity contribution >= 4 is 5.82 Å². The van der Waals surface area contributed by atoms with Gasteiger partial charge in [-0.1, -0.05) is 6.07 Å². The Balaban J connectivity index is 1.63. The minimum absolute atomic E-state index is 0.184. The Morgan fingerprint density at radius 1 is 1.15 bits per heavy atom. The first-order valence-corrected chi connectivity index (χ1v) is 8.74. The molecule has 2 aliphatic rings. The standard InChI is InChI=1S/C17H24F3N3O3/c1-10-15(25)16(26)12(24)9-23(10)8-11-5-6-22(7-11)14-4-2-3-13(21-14)17(18,19)20/h2-4,10-12,15-16,24-26H,5-9H2,1H3/t10-,11?,12+,15-,16-/m1/s1. The van der Waals surface area contributed by atoms with Crippen LogP contribution in [0.2, 0.25) is 0 Å². The number of likely N-dealkylation sites (tertiary alicyclic amines) is 1. The van der Waals surface area contributed by atoms with Gasteiger partial charge >= 0.3 is 6.18 Å². The number of nitrogens with zero attached hydrogens (tertiary/aromatic N) is 3. The smallest absolute Gasteiger partial charge is 0.389 e. The second-order valence-corrected chi connectivity index (χ2v) is 7.22. The summed E-state index contributed by atoms with van der Waals surface area (Å²) in [5.74, 6) is 0.493. The lowest BCUT2D eigenvalue weighted by atomic mass is 9.93. The molecule has 0 radical (unpaired) electrons. The van der Waals surface area contributed by atoms with Crippen LogP contribution in [0.4, 0.5) is 19.0 Å². The highest BCUT2D eigenvalue weighted by Gasteiger charge is 2.40. The van der Waals surface area contributed by atoms with Crippen molar-refractivity contribution in [3.63, 3.8) is 0 Å². The van der Waals surface area contributed by atoms with Crippen LogP contribution in [-0.2, 0) is 6.18 Å². The fourth-order valence-electron chi connectivity index (χ4n) is 3.76. The highest BCUT2D eigenvalue weighted by Crippen LogP contribution is 2.31. The number of aliphatic hydroxyl groups excluding tert-OH is 3. The molecule has 1 aromatic heterocycles. The van der Waals surface area contributed by atoms with Crippen LogP contribution in [-0.4, -0.2) is 75.7 Å². The number of β-amino-alcohol motifs (C(OH)–C–C–N with tert-alkyl or cyclic N) is 1. The molecule has 2 fully saturated rings. The summed E-state index contributed by atoms with van der Waals surface area (Å²) in [4.78, 5) is 7.49. The predicted molar refractivity (Wildman–Crippen MR) is 88.6 cm³/mol. The summed E-state index contributed by atoms with van der Waals surface area (Å²) in [7, 11) is 0. The van der Waals surface area contributed by atoms with Gasteiger partial charge in [0.25, 0.3) is 0 Å². The molecule has 3 heterocycles. The average molecular weight is 375 g/mol. The Labute approximate surface area is 149 Å². The summed E-state index contributed by atoms with van der Waals surface area (Å²) in [6.07, 6.45) is -6.87. The Kier molecular flexibility index (Phi) is 5.43. The zero-order chi connectivity index (χ0) is 19.1. The number of hydrogen-bond acceptors (Lipinski definition) is 6. The van der Waals surface area contributed by atoms with Crippen molar-refractivity contribution in [2.75, 3.05) is 31.1 Å². The number of anilines is 1. The number of piperidine rings is 1. The number of aromatic nitrogens is 1. The molecule has 0 aromatic carbocycles. The molecule has 5 atom stereocenters. The van der Waals surface area contributed by atoms with E-state index in [0.717, 1.165) is 12.5 Å². The molecule has 1 aromatic rings. The molecular weight excluding hydrogens is 351 g/mol. The quantitative estimate of drug-likeness (QED) is 0.722. The molecule has 146 valence electrons. The number of pyridine rings is 1. The third-order valence-electron chi connectivity index (χ3n) is 5.36. The van der Waals surface area contributed by atoms with E-state index in [2.05, 4.69) is 4.98 Å². The van der Waals surface area contributed by atoms with Gasteiger partial charge in [0.05, 0.1) is 12.2 Å². The van der Waals surface area contributed by atoms with Crippen molar-refractivity contribution < 1.29 is 28.5 Å². The SMILES string of the molecule is C[C@@H]1[C@@H](O)[C@H](O)[C@@H](O)CN1CC1CCN(c2cccc(C(F)(F)F)n2)C1. The van der Waals surface area contributed by atoms with E-state index in [0.29, 0.717) is 25.5 Å². The third-order valence-corrected chi connectivity index (χ3v) is 5.36. The van der Waals surface area contributed by atoms with Crippen LogP contribution >= 0.6 is 0 Å². The Hall–Kier alpha value is -1.42. The van der Waals surface area contributed by atoms with Gasteiger partial charge in [0.2, 0.25) is 0 Å². The molecule has 26 heavy (non-hydrogen) atoms. The topological polar surface area (TPSA) is 80.1 Å². The fraction of sp³-hybridized carbons (Fsp3) is 0.706. The second-order valence-electron chi connectivity index (χ2n) is 7.22. The first kappa shape index (κ1) is 19.3. The van der Waals surface area contributed by atoms with Crippen LogP contribution in [0.1, 0.15) is 19.0 Å². The summed E-state index contributed by atoms with van der Waals surface area (Å²) in [6, 6.07) is 3.60. The molecule has 3 rings (SSSR count). The van der Waals surface area contributed by atoms with E-state index in [1.807, 2.05) is 9.80 Å². The first-order chi connectivity index (χ1) is 12.2. The maximum absolute atomic E-state index is 12.8. The zero-order valence-electron chi connectivity index (χ0n) is 14.5. The van der Waals surface area contributed by atoms with Crippen LogP contribution < -0.4 is 4.90 Å². The maximum Gasteiger partial charge on any atom is 0.433 e. The van der Waals surface area contributed by atoms with E-state index < -0.39 is 30.2 Å². The van der Waals surface area contributed by atoms with E-state index >= 15 is 0 Å². The summed E-state index contributed by atoms with van der Waals surface area (Å²) in [5.41, 5.74) is -0.900. The van der Waals surface area contributed by atoms with Crippen molar-refractivity contribution in [1.29, 1.82) is 0 Å². The van der Waals surface area contributed by atoms with Gasteiger partial charge in [-0.25, -0.2) is 4.98 Å². The van der Waals surface area contributed by atoms with Gasteiger partial charge in [0.1, 0.15) is 17.6 Å².